The molecule has 7 heteroatoms. The molecule has 1 aliphatic heterocycles. The lowest BCUT2D eigenvalue weighted by molar-refractivity contribution is -0.130. The molecule has 0 saturated carbocycles. The number of carbonyl (C=O) groups is 2. The van der Waals surface area contributed by atoms with Crippen LogP contribution in [0.5, 0.6) is 11.5 Å². The highest BCUT2D eigenvalue weighted by Crippen LogP contribution is 2.28. The molecule has 0 unspecified atom stereocenters. The average Bonchev–Trinajstić information content (AvgIpc) is 2.79. The number of anilines is 1. The monoisotopic (exact) mass is 411 g/mol. The van der Waals surface area contributed by atoms with E-state index in [1.54, 1.807) is 29.2 Å². The number of para-hydroxylation sites is 2. The van der Waals surface area contributed by atoms with Crippen LogP contribution in [0.1, 0.15) is 24.2 Å². The Morgan fingerprint density at radius 3 is 2.23 bits per heavy atom. The number of rotatable bonds is 8. The van der Waals surface area contributed by atoms with Gasteiger partial charge < -0.3 is 24.6 Å². The lowest BCUT2D eigenvalue weighted by Gasteiger charge is -2.36. The number of nitrogens with zero attached hydrogens (tertiary/aromatic N) is 2. The van der Waals surface area contributed by atoms with Crippen molar-refractivity contribution in [3.05, 3.63) is 54.1 Å². The molecular formula is C23H29N3O4. The van der Waals surface area contributed by atoms with Gasteiger partial charge in [0.15, 0.2) is 0 Å². The maximum Gasteiger partial charge on any atom is 0.251 e. The van der Waals surface area contributed by atoms with E-state index in [2.05, 4.69) is 10.2 Å². The first-order chi connectivity index (χ1) is 14.6. The number of ether oxygens (including phenoxy) is 2. The van der Waals surface area contributed by atoms with Gasteiger partial charge in [-0.3, -0.25) is 9.59 Å². The molecule has 1 heterocycles. The number of amides is 2. The zero-order chi connectivity index (χ0) is 21.3. The van der Waals surface area contributed by atoms with E-state index in [0.717, 1.165) is 24.5 Å². The lowest BCUT2D eigenvalue weighted by Crippen LogP contribution is -2.51. The van der Waals surface area contributed by atoms with Crippen LogP contribution in [0.15, 0.2) is 48.5 Å². The SMILES string of the molecule is CCOc1ccc(C(=O)NCC(=O)N2CCN(c3ccccc3OCC)CC2)cc1. The number of carbonyl (C=O) groups excluding carboxylic acids is 2. The van der Waals surface area contributed by atoms with Gasteiger partial charge in [-0.1, -0.05) is 12.1 Å². The normalized spacial score (nSPS) is 13.7. The second-order valence-electron chi connectivity index (χ2n) is 6.91. The zero-order valence-electron chi connectivity index (χ0n) is 17.6. The summed E-state index contributed by atoms with van der Waals surface area (Å²) in [6.07, 6.45) is 0. The Labute approximate surface area is 177 Å². The molecule has 7 nitrogen and oxygen atoms in total. The van der Waals surface area contributed by atoms with Crippen LogP contribution in [-0.4, -0.2) is 62.7 Å². The third-order valence-corrected chi connectivity index (χ3v) is 4.97. The van der Waals surface area contributed by atoms with Crippen molar-refractivity contribution in [3.8, 4) is 11.5 Å². The van der Waals surface area contributed by atoms with E-state index in [-0.39, 0.29) is 18.4 Å². The Balaban J connectivity index is 1.48. The van der Waals surface area contributed by atoms with Crippen molar-refractivity contribution in [2.45, 2.75) is 13.8 Å². The summed E-state index contributed by atoms with van der Waals surface area (Å²) < 4.78 is 11.1. The first kappa shape index (κ1) is 21.5. The van der Waals surface area contributed by atoms with Crippen molar-refractivity contribution in [2.75, 3.05) is 50.8 Å². The molecule has 160 valence electrons. The fourth-order valence-electron chi connectivity index (χ4n) is 3.43. The van der Waals surface area contributed by atoms with E-state index in [4.69, 9.17) is 9.47 Å². The molecule has 1 fully saturated rings. The molecule has 1 aliphatic rings. The Morgan fingerprint density at radius 2 is 1.57 bits per heavy atom. The molecule has 3 rings (SSSR count). The van der Waals surface area contributed by atoms with Gasteiger partial charge in [0.1, 0.15) is 11.5 Å². The summed E-state index contributed by atoms with van der Waals surface area (Å²) in [4.78, 5) is 28.8. The number of hydrogen-bond acceptors (Lipinski definition) is 5. The molecule has 30 heavy (non-hydrogen) atoms. The second-order valence-corrected chi connectivity index (χ2v) is 6.91. The van der Waals surface area contributed by atoms with Crippen molar-refractivity contribution in [2.24, 2.45) is 0 Å². The van der Waals surface area contributed by atoms with E-state index in [0.29, 0.717) is 37.6 Å². The molecule has 2 aromatic carbocycles. The number of piperazine rings is 1. The number of hydrogen-bond donors (Lipinski definition) is 1. The van der Waals surface area contributed by atoms with Crippen molar-refractivity contribution in [1.82, 2.24) is 10.2 Å². The summed E-state index contributed by atoms with van der Waals surface area (Å²) in [5.41, 5.74) is 1.55. The third-order valence-electron chi connectivity index (χ3n) is 4.97. The zero-order valence-corrected chi connectivity index (χ0v) is 17.6. The van der Waals surface area contributed by atoms with Gasteiger partial charge in [-0.05, 0) is 50.2 Å². The molecule has 2 amide bonds. The molecule has 0 radical (unpaired) electrons. The Kier molecular flexibility index (Phi) is 7.54. The smallest absolute Gasteiger partial charge is 0.251 e. The minimum atomic E-state index is -0.268. The molecule has 2 aromatic rings. The van der Waals surface area contributed by atoms with Crippen LogP contribution < -0.4 is 19.7 Å². The molecule has 1 saturated heterocycles. The molecular weight excluding hydrogens is 382 g/mol. The molecule has 0 spiro atoms. The summed E-state index contributed by atoms with van der Waals surface area (Å²) in [5, 5.41) is 2.71. The van der Waals surface area contributed by atoms with Gasteiger partial charge in [-0.25, -0.2) is 0 Å². The highest BCUT2D eigenvalue weighted by Gasteiger charge is 2.23. The molecule has 1 N–H and O–H groups in total. The number of nitrogens with one attached hydrogen (secondary N) is 1. The fourth-order valence-corrected chi connectivity index (χ4v) is 3.43. The summed E-state index contributed by atoms with van der Waals surface area (Å²) in [7, 11) is 0. The highest BCUT2D eigenvalue weighted by molar-refractivity contribution is 5.96. The van der Waals surface area contributed by atoms with Gasteiger partial charge in [0.2, 0.25) is 5.91 Å². The van der Waals surface area contributed by atoms with Gasteiger partial charge in [-0.2, -0.15) is 0 Å². The summed E-state index contributed by atoms with van der Waals surface area (Å²) in [6, 6.07) is 14.8. The van der Waals surface area contributed by atoms with Gasteiger partial charge >= 0.3 is 0 Å². The van der Waals surface area contributed by atoms with Crippen molar-refractivity contribution < 1.29 is 19.1 Å². The Hall–Kier alpha value is -3.22. The van der Waals surface area contributed by atoms with Crippen molar-refractivity contribution >= 4 is 17.5 Å². The molecule has 0 aliphatic carbocycles. The van der Waals surface area contributed by atoms with E-state index in [1.165, 1.54) is 0 Å². The predicted molar refractivity (Wildman–Crippen MR) is 116 cm³/mol. The van der Waals surface area contributed by atoms with Gasteiger partial charge in [0.05, 0.1) is 25.4 Å². The second kappa shape index (κ2) is 10.5. The molecule has 0 atom stereocenters. The predicted octanol–water partition coefficient (Wildman–Crippen LogP) is 2.56. The summed E-state index contributed by atoms with van der Waals surface area (Å²) in [6.45, 7) is 7.72. The van der Waals surface area contributed by atoms with Crippen LogP contribution >= 0.6 is 0 Å². The fraction of sp³-hybridized carbons (Fsp3) is 0.391. The van der Waals surface area contributed by atoms with Gasteiger partial charge in [-0.15, -0.1) is 0 Å². The van der Waals surface area contributed by atoms with Crippen LogP contribution in [0.4, 0.5) is 5.69 Å². The average molecular weight is 412 g/mol. The van der Waals surface area contributed by atoms with E-state index in [1.807, 2.05) is 38.1 Å². The quantitative estimate of drug-likeness (QED) is 0.723. The van der Waals surface area contributed by atoms with Crippen LogP contribution in [0.2, 0.25) is 0 Å². The topological polar surface area (TPSA) is 71.1 Å². The maximum atomic E-state index is 12.5. The van der Waals surface area contributed by atoms with Crippen LogP contribution in [0, 0.1) is 0 Å². The van der Waals surface area contributed by atoms with Gasteiger partial charge in [0, 0.05) is 31.7 Å². The maximum absolute atomic E-state index is 12.5. The van der Waals surface area contributed by atoms with Gasteiger partial charge in [0.25, 0.3) is 5.91 Å². The minimum Gasteiger partial charge on any atom is -0.494 e. The Morgan fingerprint density at radius 1 is 0.900 bits per heavy atom. The van der Waals surface area contributed by atoms with Crippen molar-refractivity contribution in [3.63, 3.8) is 0 Å². The van der Waals surface area contributed by atoms with E-state index >= 15 is 0 Å². The van der Waals surface area contributed by atoms with Crippen LogP contribution in [-0.2, 0) is 4.79 Å². The largest absolute Gasteiger partial charge is 0.494 e. The van der Waals surface area contributed by atoms with Crippen LogP contribution in [0.3, 0.4) is 0 Å². The molecule has 0 aromatic heterocycles. The standard InChI is InChI=1S/C23H29N3O4/c1-3-29-19-11-9-18(10-12-19)23(28)24-17-22(27)26-15-13-25(14-16-26)20-7-5-6-8-21(20)30-4-2/h5-12H,3-4,13-17H2,1-2H3,(H,24,28). The third kappa shape index (κ3) is 5.43. The number of benzene rings is 2. The minimum absolute atomic E-state index is 0.0123. The first-order valence-electron chi connectivity index (χ1n) is 10.4. The van der Waals surface area contributed by atoms with Crippen LogP contribution in [0.25, 0.3) is 0 Å². The Bertz CT molecular complexity index is 846. The van der Waals surface area contributed by atoms with Crippen molar-refractivity contribution in [1.29, 1.82) is 0 Å². The summed E-state index contributed by atoms with van der Waals surface area (Å²) in [5.74, 6) is 1.24. The highest BCUT2D eigenvalue weighted by atomic mass is 16.5. The first-order valence-corrected chi connectivity index (χ1v) is 10.4. The van der Waals surface area contributed by atoms with E-state index < -0.39 is 0 Å². The lowest BCUT2D eigenvalue weighted by atomic mass is 10.2. The molecule has 0 bridgehead atoms. The summed E-state index contributed by atoms with van der Waals surface area (Å²) >= 11 is 0. The van der Waals surface area contributed by atoms with E-state index in [9.17, 15) is 9.59 Å².